The van der Waals surface area contributed by atoms with Gasteiger partial charge in [0.15, 0.2) is 0 Å². The van der Waals surface area contributed by atoms with Crippen molar-refractivity contribution in [3.63, 3.8) is 0 Å². The summed E-state index contributed by atoms with van der Waals surface area (Å²) >= 11 is 0. The highest BCUT2D eigenvalue weighted by Crippen LogP contribution is 2.21. The molecule has 0 amide bonds. The second-order valence-corrected chi connectivity index (χ2v) is 5.42. The standard InChI is InChI=1S/C20H22O6/c1-3-25-19(20(22)23)11-14-7-9-16(10-8-14)26-13-18(21)15-5-4-6-17(12-15)24-2/h4-12,18,21H,3,13H2,1-2H3,(H,22,23). The van der Waals surface area contributed by atoms with Crippen LogP contribution in [0.25, 0.3) is 6.08 Å². The van der Waals surface area contributed by atoms with Gasteiger partial charge in [-0.2, -0.15) is 0 Å². The predicted molar refractivity (Wildman–Crippen MR) is 97.1 cm³/mol. The molecular formula is C20H22O6. The predicted octanol–water partition coefficient (Wildman–Crippen LogP) is 3.27. The second-order valence-electron chi connectivity index (χ2n) is 5.42. The molecule has 6 heteroatoms. The number of aliphatic hydroxyl groups is 1. The van der Waals surface area contributed by atoms with E-state index >= 15 is 0 Å². The van der Waals surface area contributed by atoms with Gasteiger partial charge in [0.05, 0.1) is 13.7 Å². The Hall–Kier alpha value is -2.99. The highest BCUT2D eigenvalue weighted by atomic mass is 16.5. The number of hydrogen-bond donors (Lipinski definition) is 2. The lowest BCUT2D eigenvalue weighted by Crippen LogP contribution is -2.09. The Morgan fingerprint density at radius 2 is 1.88 bits per heavy atom. The summed E-state index contributed by atoms with van der Waals surface area (Å²) in [5.41, 5.74) is 1.38. The molecule has 2 aromatic carbocycles. The minimum absolute atomic E-state index is 0.0850. The normalized spacial score (nSPS) is 12.3. The molecule has 0 radical (unpaired) electrons. The van der Waals surface area contributed by atoms with Crippen LogP contribution in [-0.4, -0.2) is 36.5 Å². The zero-order valence-electron chi connectivity index (χ0n) is 14.7. The highest BCUT2D eigenvalue weighted by Gasteiger charge is 2.10. The van der Waals surface area contributed by atoms with Gasteiger partial charge in [0.1, 0.15) is 24.2 Å². The minimum atomic E-state index is -1.12. The zero-order chi connectivity index (χ0) is 18.9. The third-order valence-electron chi connectivity index (χ3n) is 3.57. The van der Waals surface area contributed by atoms with Gasteiger partial charge in [0.25, 0.3) is 0 Å². The number of carboxylic acids is 1. The van der Waals surface area contributed by atoms with Gasteiger partial charge >= 0.3 is 5.97 Å². The second kappa shape index (κ2) is 9.48. The zero-order valence-corrected chi connectivity index (χ0v) is 14.7. The van der Waals surface area contributed by atoms with E-state index in [0.29, 0.717) is 22.6 Å². The van der Waals surface area contributed by atoms with Gasteiger partial charge in [0.2, 0.25) is 5.76 Å². The summed E-state index contributed by atoms with van der Waals surface area (Å²) in [6.07, 6.45) is 0.655. The van der Waals surface area contributed by atoms with E-state index in [2.05, 4.69) is 0 Å². The fourth-order valence-corrected chi connectivity index (χ4v) is 2.25. The molecule has 2 N–H and O–H groups in total. The summed E-state index contributed by atoms with van der Waals surface area (Å²) < 4.78 is 15.8. The van der Waals surface area contributed by atoms with Crippen LogP contribution in [0.5, 0.6) is 11.5 Å². The number of aliphatic carboxylic acids is 1. The van der Waals surface area contributed by atoms with Crippen molar-refractivity contribution in [1.82, 2.24) is 0 Å². The lowest BCUT2D eigenvalue weighted by molar-refractivity contribution is -0.136. The molecule has 0 spiro atoms. The molecule has 2 aromatic rings. The van der Waals surface area contributed by atoms with Crippen molar-refractivity contribution in [2.75, 3.05) is 20.3 Å². The Bertz CT molecular complexity index is 751. The van der Waals surface area contributed by atoms with Gasteiger partial charge in [-0.15, -0.1) is 0 Å². The third-order valence-corrected chi connectivity index (χ3v) is 3.57. The first-order valence-electron chi connectivity index (χ1n) is 8.16. The van der Waals surface area contributed by atoms with Gasteiger partial charge in [-0.25, -0.2) is 4.79 Å². The lowest BCUT2D eigenvalue weighted by atomic mass is 10.1. The van der Waals surface area contributed by atoms with Gasteiger partial charge in [-0.3, -0.25) is 0 Å². The van der Waals surface area contributed by atoms with Crippen molar-refractivity contribution in [3.05, 3.63) is 65.4 Å². The number of aliphatic hydroxyl groups excluding tert-OH is 1. The molecule has 0 bridgehead atoms. The summed E-state index contributed by atoms with van der Waals surface area (Å²) in [6, 6.07) is 14.0. The molecule has 0 aliphatic rings. The molecule has 1 atom stereocenters. The van der Waals surface area contributed by atoms with Crippen molar-refractivity contribution >= 4 is 12.0 Å². The van der Waals surface area contributed by atoms with Crippen molar-refractivity contribution in [3.8, 4) is 11.5 Å². The van der Waals surface area contributed by atoms with Crippen molar-refractivity contribution < 1.29 is 29.2 Å². The molecule has 6 nitrogen and oxygen atoms in total. The van der Waals surface area contributed by atoms with E-state index in [-0.39, 0.29) is 19.0 Å². The highest BCUT2D eigenvalue weighted by molar-refractivity contribution is 5.89. The summed E-state index contributed by atoms with van der Waals surface area (Å²) in [4.78, 5) is 11.1. The number of ether oxygens (including phenoxy) is 3. The first-order valence-corrected chi connectivity index (χ1v) is 8.16. The molecule has 0 fully saturated rings. The number of carboxylic acid groups (broad SMARTS) is 1. The van der Waals surface area contributed by atoms with E-state index < -0.39 is 12.1 Å². The van der Waals surface area contributed by atoms with Crippen molar-refractivity contribution in [2.45, 2.75) is 13.0 Å². The van der Waals surface area contributed by atoms with E-state index in [1.165, 1.54) is 6.08 Å². The SMILES string of the molecule is CCOC(=Cc1ccc(OCC(O)c2cccc(OC)c2)cc1)C(=O)O. The molecule has 0 aromatic heterocycles. The molecule has 0 heterocycles. The molecule has 0 aliphatic heterocycles. The van der Waals surface area contributed by atoms with Gasteiger partial charge in [-0.05, 0) is 48.4 Å². The van der Waals surface area contributed by atoms with Crippen LogP contribution in [-0.2, 0) is 9.53 Å². The Morgan fingerprint density at radius 1 is 1.15 bits per heavy atom. The molecule has 0 saturated heterocycles. The summed E-state index contributed by atoms with van der Waals surface area (Å²) in [5.74, 6) is 0.00167. The molecule has 1 unspecified atom stereocenters. The van der Waals surface area contributed by atoms with E-state index in [1.54, 1.807) is 62.6 Å². The molecule has 0 saturated carbocycles. The van der Waals surface area contributed by atoms with E-state index in [0.717, 1.165) is 0 Å². The number of hydrogen-bond acceptors (Lipinski definition) is 5. The van der Waals surface area contributed by atoms with E-state index in [4.69, 9.17) is 19.3 Å². The Labute approximate surface area is 152 Å². The Morgan fingerprint density at radius 3 is 2.50 bits per heavy atom. The number of methoxy groups -OCH3 is 1. The van der Waals surface area contributed by atoms with Gasteiger partial charge in [-0.1, -0.05) is 24.3 Å². The Balaban J connectivity index is 1.98. The van der Waals surface area contributed by atoms with E-state index in [1.807, 2.05) is 0 Å². The first-order chi connectivity index (χ1) is 12.5. The van der Waals surface area contributed by atoms with Crippen LogP contribution in [0.4, 0.5) is 0 Å². The van der Waals surface area contributed by atoms with Crippen LogP contribution in [0.15, 0.2) is 54.3 Å². The average molecular weight is 358 g/mol. The van der Waals surface area contributed by atoms with Crippen LogP contribution < -0.4 is 9.47 Å². The molecule has 26 heavy (non-hydrogen) atoms. The fraction of sp³-hybridized carbons (Fsp3) is 0.250. The molecule has 0 aliphatic carbocycles. The largest absolute Gasteiger partial charge is 0.497 e. The number of rotatable bonds is 9. The van der Waals surface area contributed by atoms with Gasteiger partial charge in [0, 0.05) is 0 Å². The monoisotopic (exact) mass is 358 g/mol. The minimum Gasteiger partial charge on any atom is -0.497 e. The molecule has 2 rings (SSSR count). The maximum atomic E-state index is 11.1. The maximum absolute atomic E-state index is 11.1. The Kier molecular flexibility index (Phi) is 7.05. The topological polar surface area (TPSA) is 85.2 Å². The fourth-order valence-electron chi connectivity index (χ4n) is 2.25. The van der Waals surface area contributed by atoms with Crippen LogP contribution >= 0.6 is 0 Å². The average Bonchev–Trinajstić information content (AvgIpc) is 2.66. The molecule has 138 valence electrons. The summed E-state index contributed by atoms with van der Waals surface area (Å²) in [7, 11) is 1.57. The quantitative estimate of drug-likeness (QED) is 0.529. The van der Waals surface area contributed by atoms with Crippen LogP contribution in [0, 0.1) is 0 Å². The first kappa shape index (κ1) is 19.3. The summed E-state index contributed by atoms with van der Waals surface area (Å²) in [6.45, 7) is 2.09. The summed E-state index contributed by atoms with van der Waals surface area (Å²) in [5, 5.41) is 19.3. The van der Waals surface area contributed by atoms with Gasteiger partial charge < -0.3 is 24.4 Å². The van der Waals surface area contributed by atoms with Crippen LogP contribution in [0.2, 0.25) is 0 Å². The number of benzene rings is 2. The lowest BCUT2D eigenvalue weighted by Gasteiger charge is -2.13. The van der Waals surface area contributed by atoms with Crippen molar-refractivity contribution in [1.29, 1.82) is 0 Å². The maximum Gasteiger partial charge on any atom is 0.371 e. The van der Waals surface area contributed by atoms with Crippen LogP contribution in [0.3, 0.4) is 0 Å². The third kappa shape index (κ3) is 5.53. The van der Waals surface area contributed by atoms with Crippen molar-refractivity contribution in [2.24, 2.45) is 0 Å². The molecular weight excluding hydrogens is 336 g/mol. The van der Waals surface area contributed by atoms with Crippen LogP contribution in [0.1, 0.15) is 24.2 Å². The van der Waals surface area contributed by atoms with E-state index in [9.17, 15) is 9.90 Å². The number of carbonyl (C=O) groups is 1. The smallest absolute Gasteiger partial charge is 0.371 e.